The molecule has 1 aromatic rings. The average molecular weight is 271 g/mol. The molecular weight excluding hydrogens is 256 g/mol. The van der Waals surface area contributed by atoms with Crippen LogP contribution in [0.1, 0.15) is 31.9 Å². The number of hydrogen-bond donors (Lipinski definition) is 0. The molecule has 0 saturated carbocycles. The zero-order valence-corrected chi connectivity index (χ0v) is 10.5. The van der Waals surface area contributed by atoms with Gasteiger partial charge in [-0.15, -0.1) is 0 Å². The molecule has 82 valence electrons. The molecule has 2 rings (SSSR count). The van der Waals surface area contributed by atoms with Gasteiger partial charge in [0.1, 0.15) is 0 Å². The predicted octanol–water partition coefficient (Wildman–Crippen LogP) is 3.66. The summed E-state index contributed by atoms with van der Waals surface area (Å²) < 4.78 is 12.4. The highest BCUT2D eigenvalue weighted by Gasteiger charge is 2.25. The number of benzene rings is 1. The molecule has 0 radical (unpaired) electrons. The van der Waals surface area contributed by atoms with E-state index in [1.807, 2.05) is 19.1 Å². The lowest BCUT2D eigenvalue weighted by Gasteiger charge is -2.32. The molecule has 0 aliphatic carbocycles. The van der Waals surface area contributed by atoms with Crippen LogP contribution in [0.15, 0.2) is 28.7 Å². The molecule has 0 unspecified atom stereocenters. The molecule has 1 fully saturated rings. The molecule has 0 N–H and O–H groups in total. The highest BCUT2D eigenvalue weighted by atomic mass is 79.9. The Balaban J connectivity index is 2.12. The van der Waals surface area contributed by atoms with Gasteiger partial charge in [-0.1, -0.05) is 28.1 Å². The van der Waals surface area contributed by atoms with Crippen LogP contribution in [0, 0.1) is 0 Å². The van der Waals surface area contributed by atoms with E-state index in [0.717, 1.165) is 10.9 Å². The topological polar surface area (TPSA) is 18.5 Å². The van der Waals surface area contributed by atoms with E-state index in [-0.39, 0.29) is 18.5 Å². The fourth-order valence-electron chi connectivity index (χ4n) is 1.90. The number of rotatable bonds is 1. The van der Waals surface area contributed by atoms with E-state index in [9.17, 15) is 0 Å². The van der Waals surface area contributed by atoms with Gasteiger partial charge in [0, 0.05) is 10.9 Å². The average Bonchev–Trinajstić information content (AvgIpc) is 2.17. The maximum Gasteiger partial charge on any atom is 0.155 e. The molecule has 3 atom stereocenters. The van der Waals surface area contributed by atoms with Crippen molar-refractivity contribution in [2.75, 3.05) is 0 Å². The van der Waals surface area contributed by atoms with Crippen molar-refractivity contribution in [3.8, 4) is 0 Å². The first-order valence-corrected chi connectivity index (χ1v) is 6.01. The number of hydrogen-bond acceptors (Lipinski definition) is 2. The monoisotopic (exact) mass is 270 g/mol. The van der Waals surface area contributed by atoms with Gasteiger partial charge in [0.2, 0.25) is 0 Å². The molecule has 1 saturated heterocycles. The minimum absolute atomic E-state index is 0.109. The summed E-state index contributed by atoms with van der Waals surface area (Å²) in [7, 11) is 0. The van der Waals surface area contributed by atoms with Crippen molar-refractivity contribution in [2.45, 2.75) is 38.8 Å². The van der Waals surface area contributed by atoms with E-state index in [1.165, 1.54) is 5.56 Å². The van der Waals surface area contributed by atoms with Gasteiger partial charge in [-0.25, -0.2) is 0 Å². The van der Waals surface area contributed by atoms with E-state index in [1.54, 1.807) is 0 Å². The van der Waals surface area contributed by atoms with E-state index in [0.29, 0.717) is 0 Å². The minimum Gasteiger partial charge on any atom is -0.350 e. The third-order valence-corrected chi connectivity index (χ3v) is 3.10. The van der Waals surface area contributed by atoms with Crippen molar-refractivity contribution < 1.29 is 9.47 Å². The molecular formula is C12H15BrO2. The van der Waals surface area contributed by atoms with Gasteiger partial charge in [-0.05, 0) is 31.5 Å². The zero-order valence-electron chi connectivity index (χ0n) is 8.94. The van der Waals surface area contributed by atoms with Crippen LogP contribution in [0.4, 0.5) is 0 Å². The Morgan fingerprint density at radius 3 is 2.40 bits per heavy atom. The van der Waals surface area contributed by atoms with Crippen LogP contribution in [-0.4, -0.2) is 12.4 Å². The Kier molecular flexibility index (Phi) is 3.44. The summed E-state index contributed by atoms with van der Waals surface area (Å²) in [5, 5.41) is 0. The molecule has 3 heteroatoms. The quantitative estimate of drug-likeness (QED) is 0.776. The first-order chi connectivity index (χ1) is 7.15. The van der Waals surface area contributed by atoms with Crippen LogP contribution in [0.5, 0.6) is 0 Å². The second-order valence-corrected chi connectivity index (χ2v) is 4.84. The van der Waals surface area contributed by atoms with Crippen LogP contribution in [0.2, 0.25) is 0 Å². The molecule has 2 nitrogen and oxygen atoms in total. The normalized spacial score (nSPS) is 31.5. The Hall–Kier alpha value is -0.380. The number of halogens is 1. The molecule has 15 heavy (non-hydrogen) atoms. The third kappa shape index (κ3) is 2.80. The molecule has 1 aliphatic heterocycles. The highest BCUT2D eigenvalue weighted by Crippen LogP contribution is 2.31. The Morgan fingerprint density at radius 2 is 1.80 bits per heavy atom. The molecule has 0 spiro atoms. The van der Waals surface area contributed by atoms with Gasteiger partial charge < -0.3 is 9.47 Å². The second kappa shape index (κ2) is 4.64. The van der Waals surface area contributed by atoms with Crippen LogP contribution in [-0.2, 0) is 9.47 Å². The van der Waals surface area contributed by atoms with Gasteiger partial charge in [0.25, 0.3) is 0 Å². The van der Waals surface area contributed by atoms with E-state index in [2.05, 4.69) is 35.0 Å². The smallest absolute Gasteiger partial charge is 0.155 e. The third-order valence-electron chi connectivity index (χ3n) is 2.57. The summed E-state index contributed by atoms with van der Waals surface area (Å²) in [4.78, 5) is 0. The Labute approximate surface area is 98.7 Å². The number of ether oxygens (including phenoxy) is 2. The summed E-state index contributed by atoms with van der Waals surface area (Å²) in [6.45, 7) is 4.03. The summed E-state index contributed by atoms with van der Waals surface area (Å²) in [6, 6.07) is 8.28. The van der Waals surface area contributed by atoms with E-state index >= 15 is 0 Å². The lowest BCUT2D eigenvalue weighted by atomic mass is 10.0. The largest absolute Gasteiger partial charge is 0.350 e. The Bertz CT molecular complexity index is 313. The van der Waals surface area contributed by atoms with Gasteiger partial charge in [0.05, 0.1) is 12.2 Å². The van der Waals surface area contributed by atoms with E-state index in [4.69, 9.17) is 9.47 Å². The lowest BCUT2D eigenvalue weighted by molar-refractivity contribution is -0.231. The lowest BCUT2D eigenvalue weighted by Crippen LogP contribution is -2.30. The molecule has 0 bridgehead atoms. The van der Waals surface area contributed by atoms with Crippen molar-refractivity contribution in [1.29, 1.82) is 0 Å². The van der Waals surface area contributed by atoms with Gasteiger partial charge in [-0.2, -0.15) is 0 Å². The maximum atomic E-state index is 5.75. The van der Waals surface area contributed by atoms with Crippen LogP contribution in [0.25, 0.3) is 0 Å². The van der Waals surface area contributed by atoms with Gasteiger partial charge >= 0.3 is 0 Å². The first kappa shape index (κ1) is 11.1. The molecule has 1 aromatic carbocycles. The summed E-state index contributed by atoms with van der Waals surface area (Å²) >= 11 is 3.43. The summed E-state index contributed by atoms with van der Waals surface area (Å²) in [5.41, 5.74) is 1.22. The van der Waals surface area contributed by atoms with Gasteiger partial charge in [-0.3, -0.25) is 0 Å². The van der Waals surface area contributed by atoms with Crippen molar-refractivity contribution >= 4 is 15.9 Å². The zero-order chi connectivity index (χ0) is 10.8. The van der Waals surface area contributed by atoms with Crippen molar-refractivity contribution in [2.24, 2.45) is 0 Å². The van der Waals surface area contributed by atoms with Crippen LogP contribution >= 0.6 is 15.9 Å². The standard InChI is InChI=1S/C12H15BrO2/c1-8-7-12(15-9(2)14-8)10-3-5-11(13)6-4-10/h3-6,8-9,12H,7H2,1-2H3/t8-,9-,12-/m1/s1. The summed E-state index contributed by atoms with van der Waals surface area (Å²) in [5.74, 6) is 0. The molecule has 0 aromatic heterocycles. The fourth-order valence-corrected chi connectivity index (χ4v) is 2.16. The highest BCUT2D eigenvalue weighted by molar-refractivity contribution is 9.10. The Morgan fingerprint density at radius 1 is 1.13 bits per heavy atom. The van der Waals surface area contributed by atoms with E-state index < -0.39 is 0 Å². The SMILES string of the molecule is C[C@@H]1O[C@H](C)C[C@H](c2ccc(Br)cc2)O1. The van der Waals surface area contributed by atoms with Crippen LogP contribution < -0.4 is 0 Å². The molecule has 1 heterocycles. The van der Waals surface area contributed by atoms with Crippen molar-refractivity contribution in [3.05, 3.63) is 34.3 Å². The van der Waals surface area contributed by atoms with Crippen molar-refractivity contribution in [1.82, 2.24) is 0 Å². The predicted molar refractivity (Wildman–Crippen MR) is 62.6 cm³/mol. The molecule has 1 aliphatic rings. The maximum absolute atomic E-state index is 5.75. The minimum atomic E-state index is -0.109. The van der Waals surface area contributed by atoms with Gasteiger partial charge in [0.15, 0.2) is 6.29 Å². The second-order valence-electron chi connectivity index (χ2n) is 3.93. The fraction of sp³-hybridized carbons (Fsp3) is 0.500. The van der Waals surface area contributed by atoms with Crippen LogP contribution in [0.3, 0.4) is 0 Å². The summed E-state index contributed by atoms with van der Waals surface area (Å²) in [6.07, 6.45) is 1.24. The molecule has 0 amide bonds. The first-order valence-electron chi connectivity index (χ1n) is 5.21. The van der Waals surface area contributed by atoms with Crippen molar-refractivity contribution in [3.63, 3.8) is 0 Å².